The summed E-state index contributed by atoms with van der Waals surface area (Å²) in [5.41, 5.74) is 23.2. The number of nitrogens with two attached hydrogens (primary N) is 4. The molecule has 0 aliphatic carbocycles. The number of carbonyl (C=O) groups excluding carboxylic acids is 2. The van der Waals surface area contributed by atoms with Gasteiger partial charge in [0.05, 0.1) is 64.4 Å². The largest absolute Gasteiger partial charge is 0.513 e. The first-order valence-electron chi connectivity index (χ1n) is 26.9. The number of hydrogen-bond donors (Lipinski definition) is 9. The van der Waals surface area contributed by atoms with Crippen molar-refractivity contribution in [2.75, 3.05) is 52.1 Å². The van der Waals surface area contributed by atoms with Gasteiger partial charge in [-0.25, -0.2) is 32.3 Å². The lowest BCUT2D eigenvalue weighted by atomic mass is 9.93. The van der Waals surface area contributed by atoms with Crippen molar-refractivity contribution in [2.24, 2.45) is 11.5 Å². The van der Waals surface area contributed by atoms with Gasteiger partial charge in [-0.2, -0.15) is 38.9 Å². The van der Waals surface area contributed by atoms with Crippen molar-refractivity contribution < 1.29 is 103 Å². The molecule has 13 N–H and O–H groups in total. The summed E-state index contributed by atoms with van der Waals surface area (Å²) >= 11 is 0. The number of nitrogens with zero attached hydrogens (tertiary/aromatic N) is 8. The molecule has 0 bridgehead atoms. The number of benzene rings is 3. The number of imidazole rings is 2. The van der Waals surface area contributed by atoms with Crippen molar-refractivity contribution in [3.05, 3.63) is 102 Å². The lowest BCUT2D eigenvalue weighted by Crippen LogP contribution is -2.52. The van der Waals surface area contributed by atoms with Crippen molar-refractivity contribution in [1.29, 1.82) is 0 Å². The Morgan fingerprint density at radius 1 is 0.644 bits per heavy atom. The molecule has 90 heavy (non-hydrogen) atoms. The van der Waals surface area contributed by atoms with Crippen LogP contribution in [0.25, 0.3) is 22.3 Å². The van der Waals surface area contributed by atoms with E-state index in [9.17, 15) is 56.0 Å². The third kappa shape index (κ3) is 15.2. The molecular formula is C52H65F5N14O17P2. The van der Waals surface area contributed by atoms with Crippen LogP contribution in [0.4, 0.5) is 33.8 Å². The minimum absolute atomic E-state index is 0.0266. The number of halogens is 5. The summed E-state index contributed by atoms with van der Waals surface area (Å²) in [5, 5.41) is 35.2. The Balaban J connectivity index is 0.000000200. The highest BCUT2D eigenvalue weighted by atomic mass is 31.2. The van der Waals surface area contributed by atoms with Gasteiger partial charge in [-0.15, -0.1) is 0 Å². The molecule has 2 aliphatic rings. The summed E-state index contributed by atoms with van der Waals surface area (Å²) in [4.78, 5) is 48.6. The third-order valence-corrected chi connectivity index (χ3v) is 16.5. The summed E-state index contributed by atoms with van der Waals surface area (Å²) in [6.07, 6.45) is -3.03. The van der Waals surface area contributed by atoms with Crippen LogP contribution in [0.2, 0.25) is 0 Å². The summed E-state index contributed by atoms with van der Waals surface area (Å²) in [5.74, 6) is -14.7. The Bertz CT molecular complexity index is 3730. The Morgan fingerprint density at radius 3 is 1.43 bits per heavy atom. The summed E-state index contributed by atoms with van der Waals surface area (Å²) < 4.78 is 150. The fourth-order valence-corrected chi connectivity index (χ4v) is 11.8. The van der Waals surface area contributed by atoms with Crippen LogP contribution < -0.4 is 56.2 Å². The minimum atomic E-state index is -4.88. The van der Waals surface area contributed by atoms with Gasteiger partial charge in [0.25, 0.3) is 0 Å². The minimum Gasteiger partial charge on any atom is -0.476 e. The maximum Gasteiger partial charge on any atom is 0.513 e. The maximum atomic E-state index is 13.9. The molecule has 0 saturated carbocycles. The van der Waals surface area contributed by atoms with E-state index in [-0.39, 0.29) is 47.4 Å². The average Bonchev–Trinajstić information content (AvgIpc) is 1.62. The highest BCUT2D eigenvalue weighted by molar-refractivity contribution is 7.52. The van der Waals surface area contributed by atoms with E-state index in [1.165, 1.54) is 55.5 Å². The quantitative estimate of drug-likeness (QED) is 0.0152. The van der Waals surface area contributed by atoms with E-state index in [2.05, 4.69) is 44.3 Å². The van der Waals surface area contributed by atoms with Crippen LogP contribution in [-0.4, -0.2) is 155 Å². The van der Waals surface area contributed by atoms with Gasteiger partial charge >= 0.3 is 27.4 Å². The van der Waals surface area contributed by atoms with Crippen LogP contribution in [0.1, 0.15) is 54.0 Å². The number of aliphatic hydroxyl groups is 3. The molecular weight excluding hydrogens is 1250 g/mol. The lowest BCUT2D eigenvalue weighted by Gasteiger charge is -2.28. The number of ether oxygens (including phenoxy) is 6. The number of aromatic nitrogens is 8. The van der Waals surface area contributed by atoms with Crippen molar-refractivity contribution in [3.63, 3.8) is 0 Å². The van der Waals surface area contributed by atoms with Gasteiger partial charge < -0.3 is 80.2 Å². The van der Waals surface area contributed by atoms with Crippen LogP contribution in [0.15, 0.2) is 73.3 Å². The molecule has 2 saturated heterocycles. The molecule has 7 aromatic rings. The van der Waals surface area contributed by atoms with Gasteiger partial charge in [-0.1, -0.05) is 36.4 Å². The number of para-hydroxylation sites is 2. The Hall–Kier alpha value is -7.99. The molecule has 9 rings (SSSR count). The second kappa shape index (κ2) is 28.9. The molecule has 0 radical (unpaired) electrons. The number of fused-ring (bicyclic) bond motifs is 2. The highest BCUT2D eigenvalue weighted by Gasteiger charge is 2.54. The molecule has 38 heteroatoms. The summed E-state index contributed by atoms with van der Waals surface area (Å²) in [6, 6.07) is 12.8. The zero-order chi connectivity index (χ0) is 66.2. The van der Waals surface area contributed by atoms with E-state index >= 15 is 0 Å². The first kappa shape index (κ1) is 69.5. The predicted molar refractivity (Wildman–Crippen MR) is 305 cm³/mol. The molecule has 1 unspecified atom stereocenters. The van der Waals surface area contributed by atoms with E-state index < -0.39 is 129 Å². The topological polar surface area (TPSA) is 437 Å². The maximum absolute atomic E-state index is 13.9. The van der Waals surface area contributed by atoms with Gasteiger partial charge in [0, 0.05) is 0 Å². The molecule has 2 fully saturated rings. The number of hydrogen-bond acceptors (Lipinski definition) is 27. The average molecular weight is 1320 g/mol. The molecule has 4 aromatic heterocycles. The predicted octanol–water partition coefficient (Wildman–Crippen LogP) is 4.01. The van der Waals surface area contributed by atoms with E-state index in [1.54, 1.807) is 61.7 Å². The van der Waals surface area contributed by atoms with E-state index in [0.29, 0.717) is 29.9 Å². The van der Waals surface area contributed by atoms with Crippen LogP contribution in [0.5, 0.6) is 29.0 Å². The molecule has 3 aromatic carbocycles. The highest BCUT2D eigenvalue weighted by Crippen LogP contribution is 2.49. The molecule has 12 atom stereocenters. The fourth-order valence-electron chi connectivity index (χ4n) is 8.79. The standard InChI is InChI=1S/C23H32N7O8P.C16H13F5NO5P.C13H20N6O4/c1-5-35-19-16-18(27-22(24)28-19)30(12-26-16)21-23(3,25)17(31)15(37-21)11-36-39(33,29-13(2)20(32)34-4)38-14-9-7-6-8-10-14;1-8(16(23)25-2)22-28(24,26-9-6-4-3-5-7-9)27-15-13(20)11(18)10(17)12(19)14(15)21;1-3-22-10-7-9(17-12(14)18-10)19(5-16-7)11-13(2,15)8(21)6(4-20)23-11/h6-10,12-13,15,17,21,31H,5,11,25H2,1-4H3,(H,29,33)(H2,24,27,28);3-8H,1-2H3,(H,22,24);5-6,8,11,20-21H,3-4,15H2,1-2H3,(H2,14,17,18)/t13-,15+,17+,21+,23+,39-;8-,28?;6-,8-,11-,13-/m001/s1. The third-order valence-electron chi connectivity index (χ3n) is 13.3. The fraction of sp³-hybridized carbons (Fsp3) is 0.423. The Labute approximate surface area is 508 Å². The molecule has 0 spiro atoms. The second-order valence-corrected chi connectivity index (χ2v) is 23.3. The van der Waals surface area contributed by atoms with Crippen LogP contribution in [0.3, 0.4) is 0 Å². The molecule has 31 nitrogen and oxygen atoms in total. The Kier molecular flexibility index (Phi) is 22.3. The number of nitrogens with one attached hydrogen (secondary N) is 2. The van der Waals surface area contributed by atoms with E-state index in [1.807, 2.05) is 12.0 Å². The van der Waals surface area contributed by atoms with Crippen molar-refractivity contribution >= 4 is 61.7 Å². The number of anilines is 2. The van der Waals surface area contributed by atoms with Gasteiger partial charge in [0.1, 0.15) is 48.0 Å². The number of esters is 2. The number of rotatable bonds is 22. The van der Waals surface area contributed by atoms with Crippen LogP contribution in [0, 0.1) is 29.1 Å². The molecule has 490 valence electrons. The van der Waals surface area contributed by atoms with Gasteiger partial charge in [-0.3, -0.25) is 23.2 Å². The SMILES string of the molecule is CCOc1nc(N)nc2c1ncn2[C@@H]1O[C@H](CO)[C@@H](O)[C@@]1(C)N.CCOc1nc(N)nc2c1ncn2[C@@H]1O[C@H](CO[P@@](=O)(N[C@@H](C)C(=O)OC)Oc2ccccc2)[C@@H](O)[C@@]1(C)N.COC(=O)[C@H](C)NP(=O)(Oc1ccccc1)Oc1c(F)c(F)c(F)c(F)c1F. The number of carbonyl (C=O) groups is 2. The normalized spacial score (nSPS) is 23.2. The zero-order valence-corrected chi connectivity index (χ0v) is 50.9. The first-order valence-corrected chi connectivity index (χ1v) is 29.9. The van der Waals surface area contributed by atoms with E-state index in [4.69, 9.17) is 60.2 Å². The van der Waals surface area contributed by atoms with Crippen LogP contribution in [-0.2, 0) is 42.2 Å². The smallest absolute Gasteiger partial charge is 0.476 e. The zero-order valence-electron chi connectivity index (χ0n) is 49.1. The molecule has 6 heterocycles. The van der Waals surface area contributed by atoms with Crippen LogP contribution >= 0.6 is 15.5 Å². The monoisotopic (exact) mass is 1310 g/mol. The van der Waals surface area contributed by atoms with Gasteiger partial charge in [0.15, 0.2) is 34.8 Å². The van der Waals surface area contributed by atoms with E-state index in [0.717, 1.165) is 14.0 Å². The Morgan fingerprint density at radius 2 is 1.03 bits per heavy atom. The number of nitrogen functional groups attached to an aromatic ring is 2. The first-order chi connectivity index (χ1) is 42.5. The van der Waals surface area contributed by atoms with Gasteiger partial charge in [-0.05, 0) is 65.8 Å². The van der Waals surface area contributed by atoms with Crippen molar-refractivity contribution in [2.45, 2.75) is 102 Å². The number of methoxy groups -OCH3 is 2. The summed E-state index contributed by atoms with van der Waals surface area (Å²) in [7, 11) is -6.85. The number of aliphatic hydroxyl groups excluding tert-OH is 3. The second-order valence-electron chi connectivity index (χ2n) is 20.0. The van der Waals surface area contributed by atoms with Crippen molar-refractivity contribution in [1.82, 2.24) is 49.2 Å². The summed E-state index contributed by atoms with van der Waals surface area (Å²) in [6.45, 7) is 9.39. The van der Waals surface area contributed by atoms with Crippen molar-refractivity contribution in [3.8, 4) is 29.0 Å². The molecule has 0 amide bonds. The van der Waals surface area contributed by atoms with Gasteiger partial charge in [0.2, 0.25) is 58.5 Å². The lowest BCUT2D eigenvalue weighted by molar-refractivity contribution is -0.143. The molecule has 2 aliphatic heterocycles.